The van der Waals surface area contributed by atoms with Gasteiger partial charge in [-0.3, -0.25) is 24.1 Å². The third-order valence-corrected chi connectivity index (χ3v) is 14.5. The Morgan fingerprint density at radius 3 is 1.78 bits per heavy atom. The maximum atomic E-state index is 14.9. The summed E-state index contributed by atoms with van der Waals surface area (Å²) in [6, 6.07) is 5.88. The minimum absolute atomic E-state index is 0.00680. The molecule has 436 valence electrons. The number of nitrogens with one attached hydrogen (secondary N) is 2. The van der Waals surface area contributed by atoms with Crippen molar-refractivity contribution < 1.29 is 57.4 Å². The van der Waals surface area contributed by atoms with Crippen LogP contribution in [-0.2, 0) is 54.0 Å². The van der Waals surface area contributed by atoms with Crippen molar-refractivity contribution in [2.45, 2.75) is 138 Å². The molecule has 0 aliphatic carbocycles. The third kappa shape index (κ3) is 26.8. The number of aromatic hydroxyl groups is 1. The number of ether oxygens (including phenoxy) is 7. The first-order valence-electron chi connectivity index (χ1n) is 28.1. The Balaban J connectivity index is 2.06. The van der Waals surface area contributed by atoms with E-state index in [0.717, 1.165) is 31.2 Å². The molecule has 0 saturated heterocycles. The molecule has 1 aromatic carbocycles. The van der Waals surface area contributed by atoms with Gasteiger partial charge in [-0.15, -0.1) is 11.3 Å². The number of phenolic OH excluding ortho intramolecular Hbond substituents is 1. The highest BCUT2D eigenvalue weighted by Crippen LogP contribution is 2.34. The SMILES string of the molecule is CCCO[C@H](C[C@H](C(C)C)N(CCC)C(=O)[C@@H](CC(=O)[C@@H]([C@@H](C)CC)N(C)C)[C@@H](C)CC)c1nc(C(=O)N[C@@H](Cc2ccc(O)cc2)C[C@H](C)C(=O)NCCOCCOCCOCCOCCOCCOCCN)cs1. The van der Waals surface area contributed by atoms with Crippen molar-refractivity contribution in [3.05, 3.63) is 45.9 Å². The van der Waals surface area contributed by atoms with Crippen LogP contribution in [-0.4, -0.2) is 181 Å². The number of phenols is 1. The average molecular weight is 1090 g/mol. The fourth-order valence-corrected chi connectivity index (χ4v) is 9.87. The van der Waals surface area contributed by atoms with Gasteiger partial charge in [-0.05, 0) is 75.2 Å². The van der Waals surface area contributed by atoms with E-state index in [1.54, 1.807) is 29.6 Å². The van der Waals surface area contributed by atoms with E-state index in [1.807, 2.05) is 37.7 Å². The summed E-state index contributed by atoms with van der Waals surface area (Å²) in [4.78, 5) is 65.3. The Hall–Kier alpha value is -3.63. The fraction of sp³-hybridized carbons (Fsp3) is 0.772. The lowest BCUT2D eigenvalue weighted by Gasteiger charge is -2.40. The van der Waals surface area contributed by atoms with Crippen LogP contribution in [0.5, 0.6) is 5.75 Å². The molecule has 1 heterocycles. The van der Waals surface area contributed by atoms with Crippen molar-refractivity contribution in [2.24, 2.45) is 35.3 Å². The summed E-state index contributed by atoms with van der Waals surface area (Å²) in [5.74, 6) is -0.980. The number of amides is 3. The molecule has 18 nitrogen and oxygen atoms in total. The summed E-state index contributed by atoms with van der Waals surface area (Å²) >= 11 is 1.36. The highest BCUT2D eigenvalue weighted by Gasteiger charge is 2.39. The second-order valence-electron chi connectivity index (χ2n) is 20.4. The number of hydrogen-bond acceptors (Lipinski definition) is 16. The van der Waals surface area contributed by atoms with Gasteiger partial charge in [0.05, 0.1) is 85.3 Å². The molecule has 2 rings (SSSR count). The molecule has 3 amide bonds. The van der Waals surface area contributed by atoms with Gasteiger partial charge in [0.15, 0.2) is 5.78 Å². The first kappa shape index (κ1) is 68.5. The zero-order chi connectivity index (χ0) is 56.3. The Kier molecular flexibility index (Phi) is 36.5. The minimum Gasteiger partial charge on any atom is -0.508 e. The van der Waals surface area contributed by atoms with Crippen LogP contribution in [0.3, 0.4) is 0 Å². The lowest BCUT2D eigenvalue weighted by Crippen LogP contribution is -2.50. The van der Waals surface area contributed by atoms with E-state index in [-0.39, 0.29) is 71.2 Å². The van der Waals surface area contributed by atoms with Gasteiger partial charge in [-0.2, -0.15) is 0 Å². The predicted molar refractivity (Wildman–Crippen MR) is 300 cm³/mol. The molecular formula is C57H100N6O12S. The van der Waals surface area contributed by atoms with E-state index in [9.17, 15) is 24.3 Å². The lowest BCUT2D eigenvalue weighted by atomic mass is 9.81. The third-order valence-electron chi connectivity index (χ3n) is 13.6. The highest BCUT2D eigenvalue weighted by molar-refractivity contribution is 7.09. The Labute approximate surface area is 460 Å². The number of nitrogens with two attached hydrogens (primary N) is 1. The van der Waals surface area contributed by atoms with Gasteiger partial charge in [0.25, 0.3) is 5.91 Å². The molecule has 0 spiro atoms. The minimum atomic E-state index is -0.488. The van der Waals surface area contributed by atoms with Gasteiger partial charge in [-0.1, -0.05) is 87.3 Å². The van der Waals surface area contributed by atoms with E-state index in [2.05, 4.69) is 59.1 Å². The molecule has 0 unspecified atom stereocenters. The number of benzene rings is 1. The van der Waals surface area contributed by atoms with Gasteiger partial charge in [-0.25, -0.2) is 4.98 Å². The Morgan fingerprint density at radius 2 is 1.28 bits per heavy atom. The largest absolute Gasteiger partial charge is 0.508 e. The standard InChI is InChI=1S/C57H100N6O12S/c1-12-22-63(57(68)48(42(7)14-3)38-51(65)53(62(10)11)43(8)15-4)50(41(5)6)39-52(75-23-13-2)56-61-49(40-76-56)55(67)60-46(37-45-16-18-47(64)19-17-45)36-44(9)54(66)59-21-25-70-27-29-72-31-33-74-35-34-73-32-30-71-28-26-69-24-20-58/h16-19,40-44,46,48,50,52-53,64H,12-15,20-39,58H2,1-11H3,(H,59,66)(H,60,67)/t42-,43-,44-,46+,48-,50+,52+,53+/m0/s1. The number of carbonyl (C=O) groups excluding carboxylic acids is 4. The maximum absolute atomic E-state index is 14.9. The van der Waals surface area contributed by atoms with Crippen LogP contribution < -0.4 is 16.4 Å². The average Bonchev–Trinajstić information content (AvgIpc) is 3.90. The van der Waals surface area contributed by atoms with Gasteiger partial charge in [0.1, 0.15) is 22.6 Å². The van der Waals surface area contributed by atoms with Gasteiger partial charge >= 0.3 is 0 Å². The number of likely N-dealkylation sites (N-methyl/N-ethyl adjacent to an activating group) is 1. The summed E-state index contributed by atoms with van der Waals surface area (Å²) in [6.07, 6.45) is 4.10. The summed E-state index contributed by atoms with van der Waals surface area (Å²) in [7, 11) is 3.89. The molecule has 76 heavy (non-hydrogen) atoms. The number of Topliss-reactive ketones (excluding diaryl/α,β-unsaturated/α-hetero) is 1. The van der Waals surface area contributed by atoms with Crippen LogP contribution >= 0.6 is 11.3 Å². The topological polar surface area (TPSA) is 223 Å². The lowest BCUT2D eigenvalue weighted by molar-refractivity contribution is -0.145. The van der Waals surface area contributed by atoms with Crippen molar-refractivity contribution in [1.29, 1.82) is 0 Å². The zero-order valence-corrected chi connectivity index (χ0v) is 49.1. The molecule has 8 atom stereocenters. The van der Waals surface area contributed by atoms with Crippen LogP contribution in [0.1, 0.15) is 134 Å². The fourth-order valence-electron chi connectivity index (χ4n) is 9.01. The first-order chi connectivity index (χ1) is 36.5. The van der Waals surface area contributed by atoms with Crippen LogP contribution in [0.4, 0.5) is 0 Å². The van der Waals surface area contributed by atoms with Crippen molar-refractivity contribution in [1.82, 2.24) is 25.4 Å². The molecule has 0 bridgehead atoms. The second kappa shape index (κ2) is 40.5. The summed E-state index contributed by atoms with van der Waals surface area (Å²) in [5, 5.41) is 18.5. The second-order valence-corrected chi connectivity index (χ2v) is 21.3. The van der Waals surface area contributed by atoms with Crippen LogP contribution in [0.2, 0.25) is 0 Å². The first-order valence-corrected chi connectivity index (χ1v) is 29.0. The quantitative estimate of drug-likeness (QED) is 0.0485. The predicted octanol–water partition coefficient (Wildman–Crippen LogP) is 7.11. The van der Waals surface area contributed by atoms with Crippen molar-refractivity contribution in [3.63, 3.8) is 0 Å². The maximum Gasteiger partial charge on any atom is 0.270 e. The normalized spacial score (nSPS) is 15.0. The molecule has 0 aliphatic rings. The highest BCUT2D eigenvalue weighted by atomic mass is 32.1. The van der Waals surface area contributed by atoms with E-state index in [4.69, 9.17) is 43.9 Å². The van der Waals surface area contributed by atoms with Crippen LogP contribution in [0.15, 0.2) is 29.6 Å². The molecule has 0 fully saturated rings. The number of aromatic nitrogens is 1. The van der Waals surface area contributed by atoms with Gasteiger partial charge in [0, 0.05) is 68.4 Å². The Bertz CT molecular complexity index is 1860. The summed E-state index contributed by atoms with van der Waals surface area (Å²) < 4.78 is 39.5. The number of nitrogens with zero attached hydrogens (tertiary/aromatic N) is 3. The van der Waals surface area contributed by atoms with Crippen LogP contribution in [0.25, 0.3) is 0 Å². The molecule has 19 heteroatoms. The molecule has 5 N–H and O–H groups in total. The molecule has 0 radical (unpaired) electrons. The summed E-state index contributed by atoms with van der Waals surface area (Å²) in [5.41, 5.74) is 6.50. The van der Waals surface area contributed by atoms with E-state index < -0.39 is 24.0 Å². The number of thiazole rings is 1. The smallest absolute Gasteiger partial charge is 0.270 e. The van der Waals surface area contributed by atoms with E-state index >= 15 is 0 Å². The van der Waals surface area contributed by atoms with Gasteiger partial charge in [0.2, 0.25) is 11.8 Å². The van der Waals surface area contributed by atoms with Gasteiger partial charge < -0.3 is 59.5 Å². The molecular weight excluding hydrogens is 993 g/mol. The van der Waals surface area contributed by atoms with Crippen LogP contribution in [0, 0.1) is 29.6 Å². The van der Waals surface area contributed by atoms with Crippen molar-refractivity contribution in [3.8, 4) is 5.75 Å². The zero-order valence-electron chi connectivity index (χ0n) is 48.3. The summed E-state index contributed by atoms with van der Waals surface area (Å²) in [6.45, 7) is 25.7. The monoisotopic (exact) mass is 1090 g/mol. The van der Waals surface area contributed by atoms with E-state index in [0.29, 0.717) is 130 Å². The molecule has 0 aliphatic heterocycles. The van der Waals surface area contributed by atoms with Crippen molar-refractivity contribution >= 4 is 34.8 Å². The number of carbonyl (C=O) groups is 4. The molecule has 1 aromatic heterocycles. The molecule has 0 saturated carbocycles. The number of hydrogen-bond donors (Lipinski definition) is 4. The van der Waals surface area contributed by atoms with E-state index in [1.165, 1.54) is 11.3 Å². The van der Waals surface area contributed by atoms with Crippen molar-refractivity contribution in [2.75, 3.05) is 120 Å². The number of ketones is 1. The molecule has 2 aromatic rings. The number of rotatable bonds is 46. The Morgan fingerprint density at radius 1 is 0.724 bits per heavy atom.